The highest BCUT2D eigenvalue weighted by Crippen LogP contribution is 2.10. The van der Waals surface area contributed by atoms with Gasteiger partial charge in [0.2, 0.25) is 0 Å². The molecule has 0 spiro atoms. The average Bonchev–Trinajstić information content (AvgIpc) is 1.80. The first-order valence-corrected chi connectivity index (χ1v) is 2.99. The van der Waals surface area contributed by atoms with Crippen LogP contribution in [0.2, 0.25) is 0 Å². The number of hydrogen-bond donors (Lipinski definition) is 1. The monoisotopic (exact) mass is 123 g/mol. The van der Waals surface area contributed by atoms with Gasteiger partial charge in [-0.3, -0.25) is 10.2 Å². The van der Waals surface area contributed by atoms with Crippen LogP contribution in [-0.2, 0) is 4.79 Å². The number of ketones is 1. The van der Waals surface area contributed by atoms with Crippen LogP contribution in [0.25, 0.3) is 0 Å². The minimum absolute atomic E-state index is 0.0272. The summed E-state index contributed by atoms with van der Waals surface area (Å²) in [4.78, 5) is 10.7. The van der Waals surface area contributed by atoms with Gasteiger partial charge in [-0.15, -0.1) is 0 Å². The van der Waals surface area contributed by atoms with E-state index in [0.717, 1.165) is 12.0 Å². The zero-order valence-corrected chi connectivity index (χ0v) is 5.40. The molecule has 1 rings (SSSR count). The fraction of sp³-hybridized carbons (Fsp3) is 0.429. The summed E-state index contributed by atoms with van der Waals surface area (Å²) >= 11 is 0. The fourth-order valence-electron chi connectivity index (χ4n) is 0.844. The molecule has 1 aliphatic carbocycles. The maximum absolute atomic E-state index is 10.7. The first-order valence-electron chi connectivity index (χ1n) is 2.99. The largest absolute Gasteiger partial charge is 0.297 e. The number of hydrogen-bond acceptors (Lipinski definition) is 2. The van der Waals surface area contributed by atoms with Gasteiger partial charge in [-0.1, -0.05) is 5.57 Å². The topological polar surface area (TPSA) is 40.9 Å². The van der Waals surface area contributed by atoms with E-state index in [4.69, 9.17) is 5.41 Å². The summed E-state index contributed by atoms with van der Waals surface area (Å²) in [6, 6.07) is 0. The molecule has 2 nitrogen and oxygen atoms in total. The van der Waals surface area contributed by atoms with Crippen molar-refractivity contribution in [2.75, 3.05) is 0 Å². The van der Waals surface area contributed by atoms with E-state index in [9.17, 15) is 4.79 Å². The van der Waals surface area contributed by atoms with Crippen molar-refractivity contribution in [2.24, 2.45) is 0 Å². The molecule has 0 amide bonds. The van der Waals surface area contributed by atoms with Crippen molar-refractivity contribution in [1.82, 2.24) is 0 Å². The van der Waals surface area contributed by atoms with Crippen molar-refractivity contribution in [3.05, 3.63) is 11.6 Å². The second-order valence-corrected chi connectivity index (χ2v) is 2.33. The molecule has 9 heavy (non-hydrogen) atoms. The Hall–Kier alpha value is -0.920. The number of carbonyl (C=O) groups is 1. The van der Waals surface area contributed by atoms with E-state index in [-0.39, 0.29) is 11.5 Å². The molecule has 0 atom stereocenters. The summed E-state index contributed by atoms with van der Waals surface area (Å²) in [5.41, 5.74) is 1.30. The SMILES string of the molecule is CC1=CC(=N)C(=O)CC1. The summed E-state index contributed by atoms with van der Waals surface area (Å²) in [5.74, 6) is -0.0272. The van der Waals surface area contributed by atoms with Crippen molar-refractivity contribution in [3.63, 3.8) is 0 Å². The van der Waals surface area contributed by atoms with E-state index in [1.807, 2.05) is 6.92 Å². The predicted octanol–water partition coefficient (Wildman–Crippen LogP) is 1.32. The third kappa shape index (κ3) is 1.25. The van der Waals surface area contributed by atoms with Crippen LogP contribution in [0.15, 0.2) is 11.6 Å². The normalized spacial score (nSPS) is 19.9. The van der Waals surface area contributed by atoms with Crippen molar-refractivity contribution >= 4 is 11.5 Å². The van der Waals surface area contributed by atoms with Crippen LogP contribution in [0.4, 0.5) is 0 Å². The molecule has 0 aromatic heterocycles. The molecule has 1 aliphatic rings. The Balaban J connectivity index is 2.82. The second kappa shape index (κ2) is 2.13. The Kier molecular flexibility index (Phi) is 1.47. The first kappa shape index (κ1) is 6.20. The summed E-state index contributed by atoms with van der Waals surface area (Å²) in [7, 11) is 0. The number of rotatable bonds is 0. The molecule has 1 N–H and O–H groups in total. The molecule has 2 heteroatoms. The van der Waals surface area contributed by atoms with Crippen LogP contribution in [-0.4, -0.2) is 11.5 Å². The number of nitrogens with one attached hydrogen (secondary N) is 1. The minimum atomic E-state index is -0.0272. The van der Waals surface area contributed by atoms with Gasteiger partial charge >= 0.3 is 0 Å². The molecule has 0 saturated carbocycles. The van der Waals surface area contributed by atoms with Crippen LogP contribution >= 0.6 is 0 Å². The van der Waals surface area contributed by atoms with Crippen molar-refractivity contribution in [3.8, 4) is 0 Å². The standard InChI is InChI=1S/C7H9NO/c1-5-2-3-7(9)6(8)4-5/h4,8H,2-3H2,1H3. The highest BCUT2D eigenvalue weighted by atomic mass is 16.1. The molecule has 0 aromatic rings. The van der Waals surface area contributed by atoms with Crippen LogP contribution in [0.3, 0.4) is 0 Å². The summed E-state index contributed by atoms with van der Waals surface area (Å²) < 4.78 is 0. The van der Waals surface area contributed by atoms with Gasteiger partial charge in [0.15, 0.2) is 5.78 Å². The lowest BCUT2D eigenvalue weighted by Crippen LogP contribution is -2.14. The van der Waals surface area contributed by atoms with E-state index in [2.05, 4.69) is 0 Å². The fourth-order valence-corrected chi connectivity index (χ4v) is 0.844. The van der Waals surface area contributed by atoms with Gasteiger partial charge in [0.25, 0.3) is 0 Å². The zero-order chi connectivity index (χ0) is 6.85. The molecule has 0 aliphatic heterocycles. The summed E-state index contributed by atoms with van der Waals surface area (Å²) in [6.45, 7) is 1.95. The van der Waals surface area contributed by atoms with Crippen LogP contribution < -0.4 is 0 Å². The average molecular weight is 123 g/mol. The summed E-state index contributed by atoms with van der Waals surface area (Å²) in [5, 5.41) is 7.10. The smallest absolute Gasteiger partial charge is 0.180 e. The van der Waals surface area contributed by atoms with E-state index < -0.39 is 0 Å². The lowest BCUT2D eigenvalue weighted by Gasteiger charge is -2.06. The molecule has 0 bridgehead atoms. The van der Waals surface area contributed by atoms with Crippen molar-refractivity contribution < 1.29 is 4.79 Å². The Morgan fingerprint density at radius 2 is 2.22 bits per heavy atom. The van der Waals surface area contributed by atoms with E-state index in [1.165, 1.54) is 0 Å². The first-order chi connectivity index (χ1) is 4.20. The maximum Gasteiger partial charge on any atom is 0.180 e. The number of Topliss-reactive ketones (excluding diaryl/α,β-unsaturated/α-hetero) is 1. The third-order valence-electron chi connectivity index (χ3n) is 1.44. The molecule has 0 radical (unpaired) electrons. The Morgan fingerprint density at radius 3 is 2.67 bits per heavy atom. The number of carbonyl (C=O) groups excluding carboxylic acids is 1. The molecule has 0 aromatic carbocycles. The highest BCUT2D eigenvalue weighted by Gasteiger charge is 2.11. The lowest BCUT2D eigenvalue weighted by molar-refractivity contribution is -0.113. The molecular formula is C7H9NO. The predicted molar refractivity (Wildman–Crippen MR) is 35.7 cm³/mol. The Morgan fingerprint density at radius 1 is 1.56 bits per heavy atom. The van der Waals surface area contributed by atoms with E-state index in [0.29, 0.717) is 6.42 Å². The van der Waals surface area contributed by atoms with Crippen LogP contribution in [0.1, 0.15) is 19.8 Å². The van der Waals surface area contributed by atoms with Gasteiger partial charge in [0.05, 0.1) is 5.71 Å². The van der Waals surface area contributed by atoms with Crippen LogP contribution in [0.5, 0.6) is 0 Å². The number of allylic oxidation sites excluding steroid dienone is 2. The Labute approximate surface area is 54.1 Å². The molecular weight excluding hydrogens is 114 g/mol. The Bertz CT molecular complexity index is 191. The maximum atomic E-state index is 10.7. The molecule has 0 fully saturated rings. The third-order valence-corrected chi connectivity index (χ3v) is 1.44. The van der Waals surface area contributed by atoms with Crippen LogP contribution in [0, 0.1) is 5.41 Å². The lowest BCUT2D eigenvalue weighted by atomic mass is 9.98. The van der Waals surface area contributed by atoms with Gasteiger partial charge in [0.1, 0.15) is 0 Å². The highest BCUT2D eigenvalue weighted by molar-refractivity contribution is 6.43. The van der Waals surface area contributed by atoms with Gasteiger partial charge in [-0.05, 0) is 19.4 Å². The zero-order valence-electron chi connectivity index (χ0n) is 5.40. The van der Waals surface area contributed by atoms with E-state index >= 15 is 0 Å². The van der Waals surface area contributed by atoms with Gasteiger partial charge in [-0.2, -0.15) is 0 Å². The molecule has 0 saturated heterocycles. The van der Waals surface area contributed by atoms with E-state index in [1.54, 1.807) is 6.08 Å². The quantitative estimate of drug-likeness (QED) is 0.518. The molecule has 48 valence electrons. The van der Waals surface area contributed by atoms with Gasteiger partial charge < -0.3 is 0 Å². The molecule has 0 heterocycles. The van der Waals surface area contributed by atoms with Gasteiger partial charge in [-0.25, -0.2) is 0 Å². The summed E-state index contributed by atoms with van der Waals surface area (Å²) in [6.07, 6.45) is 3.01. The molecule has 0 unspecified atom stereocenters. The van der Waals surface area contributed by atoms with Crippen molar-refractivity contribution in [2.45, 2.75) is 19.8 Å². The second-order valence-electron chi connectivity index (χ2n) is 2.33. The van der Waals surface area contributed by atoms with Crippen molar-refractivity contribution in [1.29, 1.82) is 5.41 Å². The van der Waals surface area contributed by atoms with Gasteiger partial charge in [0, 0.05) is 6.42 Å². The minimum Gasteiger partial charge on any atom is -0.297 e.